The third-order valence-electron chi connectivity index (χ3n) is 6.27. The highest BCUT2D eigenvalue weighted by molar-refractivity contribution is 14.1. The quantitative estimate of drug-likeness (QED) is 0.164. The van der Waals surface area contributed by atoms with Crippen molar-refractivity contribution < 1.29 is 14.3 Å². The molecule has 10 heteroatoms. The van der Waals surface area contributed by atoms with Crippen LogP contribution in [0.15, 0.2) is 87.8 Å². The average Bonchev–Trinajstić information content (AvgIpc) is 3.23. The van der Waals surface area contributed by atoms with Gasteiger partial charge in [-0.3, -0.25) is 9.36 Å². The van der Waals surface area contributed by atoms with Gasteiger partial charge in [0, 0.05) is 8.59 Å². The van der Waals surface area contributed by atoms with E-state index in [1.807, 2.05) is 54.6 Å². The normalized spacial score (nSPS) is 15.0. The van der Waals surface area contributed by atoms with Crippen molar-refractivity contribution in [3.8, 4) is 5.75 Å². The van der Waals surface area contributed by atoms with E-state index in [-0.39, 0.29) is 12.2 Å². The highest BCUT2D eigenvalue weighted by atomic mass is 127. The molecule has 40 heavy (non-hydrogen) atoms. The van der Waals surface area contributed by atoms with Gasteiger partial charge in [0.25, 0.3) is 5.56 Å². The first kappa shape index (κ1) is 29.0. The number of carbonyl (C=O) groups excluding carboxylic acids is 1. The molecule has 1 aromatic heterocycles. The minimum Gasteiger partial charge on any atom is -0.488 e. The van der Waals surface area contributed by atoms with Crippen molar-refractivity contribution in [3.63, 3.8) is 0 Å². The van der Waals surface area contributed by atoms with E-state index < -0.39 is 12.0 Å². The van der Waals surface area contributed by atoms with Crippen molar-refractivity contribution >= 4 is 80.2 Å². The van der Waals surface area contributed by atoms with E-state index in [2.05, 4.69) is 56.2 Å². The summed E-state index contributed by atoms with van der Waals surface area (Å²) in [7, 11) is 0. The molecule has 1 aliphatic rings. The maximum atomic E-state index is 13.7. The van der Waals surface area contributed by atoms with E-state index in [0.717, 1.165) is 29.6 Å². The number of halogens is 3. The first-order chi connectivity index (χ1) is 19.2. The number of nitrogens with zero attached hydrogens (tertiary/aromatic N) is 2. The van der Waals surface area contributed by atoms with Gasteiger partial charge in [0.05, 0.1) is 32.0 Å². The van der Waals surface area contributed by atoms with Crippen LogP contribution >= 0.6 is 68.1 Å². The lowest BCUT2D eigenvalue weighted by atomic mass is 9.96. The molecule has 204 valence electrons. The van der Waals surface area contributed by atoms with Crippen molar-refractivity contribution in [2.24, 2.45) is 4.99 Å². The largest absolute Gasteiger partial charge is 0.488 e. The summed E-state index contributed by atoms with van der Waals surface area (Å²) in [6, 6.07) is 20.4. The number of ether oxygens (including phenoxy) is 2. The number of allylic oxidation sites excluding steroid dienone is 1. The molecular formula is C30H23ClI2N2O4S. The van der Waals surface area contributed by atoms with Crippen molar-refractivity contribution in [1.82, 2.24) is 4.57 Å². The molecule has 0 fully saturated rings. The summed E-state index contributed by atoms with van der Waals surface area (Å²) in [5.41, 5.74) is 3.29. The van der Waals surface area contributed by atoms with Gasteiger partial charge in [-0.2, -0.15) is 0 Å². The Morgan fingerprint density at radius 2 is 1.82 bits per heavy atom. The third-order valence-corrected chi connectivity index (χ3v) is 9.02. The van der Waals surface area contributed by atoms with E-state index in [4.69, 9.17) is 21.1 Å². The van der Waals surface area contributed by atoms with E-state index in [1.54, 1.807) is 30.5 Å². The zero-order valence-electron chi connectivity index (χ0n) is 21.5. The predicted molar refractivity (Wildman–Crippen MR) is 175 cm³/mol. The molecule has 3 aromatic carbocycles. The van der Waals surface area contributed by atoms with Crippen LogP contribution in [0.5, 0.6) is 5.75 Å². The summed E-state index contributed by atoms with van der Waals surface area (Å²) in [6.45, 7) is 4.18. The second-order valence-corrected chi connectivity index (χ2v) is 12.8. The number of hydrogen-bond donors (Lipinski definition) is 0. The summed E-state index contributed by atoms with van der Waals surface area (Å²) in [5, 5.41) is 0.566. The maximum Gasteiger partial charge on any atom is 0.338 e. The number of hydrogen-bond acceptors (Lipinski definition) is 6. The van der Waals surface area contributed by atoms with Gasteiger partial charge in [0.1, 0.15) is 12.4 Å². The summed E-state index contributed by atoms with van der Waals surface area (Å²) >= 11 is 12.0. The molecule has 0 aliphatic carbocycles. The topological polar surface area (TPSA) is 69.9 Å². The standard InChI is InChI=1S/C30H23ClI2N2O4S/c1-3-38-29(37)26-17(2)34-30-35(27(26)20-8-10-21(31)11-9-20)28(36)25(40-30)14-18-4-6-19(7-5-18)16-39-24-13-12-22(32)15-23(24)33/h4-15,27H,3,16H2,1-2H3/b25-14-/t27-/m1/s1. The van der Waals surface area contributed by atoms with Crippen LogP contribution in [0.2, 0.25) is 5.02 Å². The van der Waals surface area contributed by atoms with Crippen LogP contribution in [0.4, 0.5) is 0 Å². The van der Waals surface area contributed by atoms with Crippen LogP contribution in [0.1, 0.15) is 36.6 Å². The van der Waals surface area contributed by atoms with Crippen LogP contribution in [-0.4, -0.2) is 17.1 Å². The Bertz CT molecular complexity index is 1800. The smallest absolute Gasteiger partial charge is 0.338 e. The van der Waals surface area contributed by atoms with Crippen molar-refractivity contribution in [2.75, 3.05) is 6.61 Å². The first-order valence-corrected chi connectivity index (χ1v) is 15.7. The first-order valence-electron chi connectivity index (χ1n) is 12.4. The number of benzene rings is 3. The summed E-state index contributed by atoms with van der Waals surface area (Å²) in [6.07, 6.45) is 1.85. The Labute approximate surface area is 267 Å². The van der Waals surface area contributed by atoms with Gasteiger partial charge in [-0.05, 0) is 112 Å². The Kier molecular flexibility index (Phi) is 9.13. The van der Waals surface area contributed by atoms with Crippen LogP contribution < -0.4 is 19.6 Å². The second kappa shape index (κ2) is 12.6. The molecule has 0 radical (unpaired) electrons. The fourth-order valence-corrected chi connectivity index (χ4v) is 7.30. The molecule has 1 aliphatic heterocycles. The van der Waals surface area contributed by atoms with E-state index in [0.29, 0.717) is 32.2 Å². The highest BCUT2D eigenvalue weighted by Gasteiger charge is 2.33. The van der Waals surface area contributed by atoms with Crippen molar-refractivity contribution in [3.05, 3.63) is 127 Å². The highest BCUT2D eigenvalue weighted by Crippen LogP contribution is 2.31. The molecule has 0 unspecified atom stereocenters. The van der Waals surface area contributed by atoms with Gasteiger partial charge in [0.15, 0.2) is 4.80 Å². The monoisotopic (exact) mass is 796 g/mol. The molecule has 0 saturated carbocycles. The van der Waals surface area contributed by atoms with Crippen molar-refractivity contribution in [1.29, 1.82) is 0 Å². The molecule has 0 spiro atoms. The second-order valence-electron chi connectivity index (χ2n) is 8.96. The van der Waals surface area contributed by atoms with E-state index in [9.17, 15) is 9.59 Å². The van der Waals surface area contributed by atoms with Gasteiger partial charge in [-0.25, -0.2) is 9.79 Å². The SMILES string of the molecule is CCOC(=O)C1=C(C)N=c2s/c(=C\c3ccc(COc4ccc(I)cc4I)cc3)c(=O)n2[C@@H]1c1ccc(Cl)cc1. The van der Waals surface area contributed by atoms with Gasteiger partial charge in [0.2, 0.25) is 0 Å². The van der Waals surface area contributed by atoms with Crippen LogP contribution in [-0.2, 0) is 16.1 Å². The zero-order chi connectivity index (χ0) is 28.4. The molecular weight excluding hydrogens is 774 g/mol. The number of esters is 1. The number of rotatable bonds is 7. The minimum atomic E-state index is -0.668. The zero-order valence-corrected chi connectivity index (χ0v) is 27.4. The Hall–Kier alpha value is -2.48. The van der Waals surface area contributed by atoms with E-state index >= 15 is 0 Å². The average molecular weight is 797 g/mol. The number of fused-ring (bicyclic) bond motifs is 1. The molecule has 4 aromatic rings. The predicted octanol–water partition coefficient (Wildman–Crippen LogP) is 6.24. The Morgan fingerprint density at radius 3 is 2.50 bits per heavy atom. The number of carbonyl (C=O) groups is 1. The van der Waals surface area contributed by atoms with Crippen molar-refractivity contribution in [2.45, 2.75) is 26.5 Å². The van der Waals surface area contributed by atoms with Gasteiger partial charge in [-0.1, -0.05) is 59.3 Å². The minimum absolute atomic E-state index is 0.221. The van der Waals surface area contributed by atoms with Crippen LogP contribution in [0.25, 0.3) is 6.08 Å². The molecule has 6 nitrogen and oxygen atoms in total. The maximum absolute atomic E-state index is 13.7. The lowest BCUT2D eigenvalue weighted by molar-refractivity contribution is -0.139. The van der Waals surface area contributed by atoms with Gasteiger partial charge in [-0.15, -0.1) is 0 Å². The molecule has 0 saturated heterocycles. The van der Waals surface area contributed by atoms with Gasteiger partial charge >= 0.3 is 5.97 Å². The lowest BCUT2D eigenvalue weighted by Gasteiger charge is -2.24. The fourth-order valence-electron chi connectivity index (χ4n) is 4.37. The van der Waals surface area contributed by atoms with Gasteiger partial charge < -0.3 is 9.47 Å². The summed E-state index contributed by atoms with van der Waals surface area (Å²) < 4.78 is 15.7. The molecule has 2 heterocycles. The Morgan fingerprint density at radius 1 is 1.10 bits per heavy atom. The summed E-state index contributed by atoms with van der Waals surface area (Å²) in [4.78, 5) is 31.9. The number of aromatic nitrogens is 1. The molecule has 1 atom stereocenters. The van der Waals surface area contributed by atoms with Crippen LogP contribution in [0.3, 0.4) is 0 Å². The lowest BCUT2D eigenvalue weighted by Crippen LogP contribution is -2.39. The fraction of sp³-hybridized carbons (Fsp3) is 0.167. The van der Waals surface area contributed by atoms with Crippen LogP contribution in [0, 0.1) is 7.14 Å². The molecule has 0 bridgehead atoms. The number of thiazole rings is 1. The third kappa shape index (κ3) is 6.22. The molecule has 0 N–H and O–H groups in total. The Balaban J connectivity index is 1.48. The molecule has 0 amide bonds. The summed E-state index contributed by atoms with van der Waals surface area (Å²) in [5.74, 6) is 0.356. The van der Waals surface area contributed by atoms with E-state index in [1.165, 1.54) is 11.3 Å². The molecule has 5 rings (SSSR count).